The molecule has 1 amide bonds. The minimum absolute atomic E-state index is 0.00984. The highest BCUT2D eigenvalue weighted by Crippen LogP contribution is 2.11. The Hall–Kier alpha value is -1.86. The minimum atomic E-state index is -0.567. The van der Waals surface area contributed by atoms with E-state index in [1.165, 1.54) is 18.2 Å². The van der Waals surface area contributed by atoms with Crippen LogP contribution in [0.3, 0.4) is 0 Å². The number of aliphatic hydroxyl groups is 1. The fourth-order valence-electron chi connectivity index (χ4n) is 1.99. The summed E-state index contributed by atoms with van der Waals surface area (Å²) >= 11 is 0. The van der Waals surface area contributed by atoms with Gasteiger partial charge in [-0.05, 0) is 31.5 Å². The third kappa shape index (κ3) is 5.97. The Morgan fingerprint density at radius 3 is 2.86 bits per heavy atom. The van der Waals surface area contributed by atoms with Crippen LogP contribution in [0, 0.1) is 17.7 Å². The zero-order valence-electron chi connectivity index (χ0n) is 12.6. The lowest BCUT2D eigenvalue weighted by molar-refractivity contribution is 0.0934. The van der Waals surface area contributed by atoms with E-state index in [1.807, 2.05) is 6.92 Å². The summed E-state index contributed by atoms with van der Waals surface area (Å²) in [6.07, 6.45) is 4.18. The highest BCUT2D eigenvalue weighted by atomic mass is 19.1. The number of nitrogens with one attached hydrogen (secondary N) is 1. The number of carbonyl (C=O) groups is 1. The van der Waals surface area contributed by atoms with Crippen molar-refractivity contribution in [3.05, 3.63) is 35.1 Å². The first-order valence-corrected chi connectivity index (χ1v) is 7.28. The largest absolute Gasteiger partial charge is 0.384 e. The summed E-state index contributed by atoms with van der Waals surface area (Å²) in [4.78, 5) is 12.1. The first-order chi connectivity index (χ1) is 10.1. The third-order valence-electron chi connectivity index (χ3n) is 3.14. The van der Waals surface area contributed by atoms with Crippen LogP contribution in [0.2, 0.25) is 0 Å². The summed E-state index contributed by atoms with van der Waals surface area (Å²) in [6.45, 7) is 3.77. The van der Waals surface area contributed by atoms with Gasteiger partial charge >= 0.3 is 0 Å². The lowest BCUT2D eigenvalue weighted by Gasteiger charge is -2.14. The van der Waals surface area contributed by atoms with Crippen molar-refractivity contribution < 1.29 is 14.3 Å². The van der Waals surface area contributed by atoms with Crippen LogP contribution in [-0.4, -0.2) is 23.7 Å². The number of benzene rings is 1. The van der Waals surface area contributed by atoms with Gasteiger partial charge in [-0.3, -0.25) is 4.79 Å². The molecule has 0 saturated carbocycles. The van der Waals surface area contributed by atoms with Gasteiger partial charge in [0, 0.05) is 11.6 Å². The lowest BCUT2D eigenvalue weighted by atomic mass is 10.1. The molecule has 0 aliphatic heterocycles. The summed E-state index contributed by atoms with van der Waals surface area (Å²) in [5, 5.41) is 11.5. The van der Waals surface area contributed by atoms with Crippen molar-refractivity contribution >= 4 is 5.91 Å². The number of carbonyl (C=O) groups excluding carboxylic acids is 1. The summed E-state index contributed by atoms with van der Waals surface area (Å²) in [5.41, 5.74) is 0.497. The van der Waals surface area contributed by atoms with Crippen molar-refractivity contribution in [3.63, 3.8) is 0 Å². The van der Waals surface area contributed by atoms with Crippen LogP contribution in [0.1, 0.15) is 55.5 Å². The van der Waals surface area contributed by atoms with Crippen LogP contribution < -0.4 is 5.32 Å². The molecule has 0 saturated heterocycles. The molecule has 0 fully saturated rings. The van der Waals surface area contributed by atoms with Gasteiger partial charge in [-0.15, -0.1) is 0 Å². The van der Waals surface area contributed by atoms with E-state index < -0.39 is 11.7 Å². The third-order valence-corrected chi connectivity index (χ3v) is 3.14. The van der Waals surface area contributed by atoms with Crippen molar-refractivity contribution in [2.75, 3.05) is 6.61 Å². The molecule has 0 bridgehead atoms. The Labute approximate surface area is 125 Å². The molecule has 1 atom stereocenters. The smallest absolute Gasteiger partial charge is 0.254 e. The molecule has 0 aliphatic rings. The van der Waals surface area contributed by atoms with Crippen LogP contribution >= 0.6 is 0 Å². The molecule has 0 spiro atoms. The average molecular weight is 291 g/mol. The van der Waals surface area contributed by atoms with Crippen molar-refractivity contribution in [1.82, 2.24) is 5.32 Å². The number of rotatable bonds is 6. The van der Waals surface area contributed by atoms with Crippen molar-refractivity contribution in [2.24, 2.45) is 0 Å². The Balaban J connectivity index is 2.72. The van der Waals surface area contributed by atoms with E-state index in [2.05, 4.69) is 24.1 Å². The zero-order valence-corrected chi connectivity index (χ0v) is 12.6. The maximum atomic E-state index is 13.7. The lowest BCUT2D eigenvalue weighted by Crippen LogP contribution is -2.33. The number of hydrogen-bond donors (Lipinski definition) is 2. The molecular weight excluding hydrogens is 269 g/mol. The first-order valence-electron chi connectivity index (χ1n) is 7.28. The van der Waals surface area contributed by atoms with Gasteiger partial charge < -0.3 is 10.4 Å². The first kappa shape index (κ1) is 17.2. The zero-order chi connectivity index (χ0) is 15.7. The standard InChI is InChI=1S/C17H22FNO2/c1-3-4-5-7-13(2)19-17(21)15-12-14(8-6-11-20)9-10-16(15)18/h9-10,12-13,20H,3-5,7,11H2,1-2H3,(H,19,21). The van der Waals surface area contributed by atoms with E-state index in [1.54, 1.807) is 0 Å². The number of unbranched alkanes of at least 4 members (excludes halogenated alkanes) is 2. The molecule has 21 heavy (non-hydrogen) atoms. The van der Waals surface area contributed by atoms with Crippen molar-refractivity contribution in [2.45, 2.75) is 45.6 Å². The SMILES string of the molecule is CCCCCC(C)NC(=O)c1cc(C#CCO)ccc1F. The monoisotopic (exact) mass is 291 g/mol. The van der Waals surface area contributed by atoms with Crippen LogP contribution in [0.15, 0.2) is 18.2 Å². The number of aliphatic hydroxyl groups excluding tert-OH is 1. The molecular formula is C17H22FNO2. The second-order valence-corrected chi connectivity index (χ2v) is 5.02. The Morgan fingerprint density at radius 1 is 1.43 bits per heavy atom. The highest BCUT2D eigenvalue weighted by Gasteiger charge is 2.14. The molecule has 2 N–H and O–H groups in total. The number of amides is 1. The van der Waals surface area contributed by atoms with Gasteiger partial charge in [0.1, 0.15) is 12.4 Å². The molecule has 1 rings (SSSR count). The summed E-state index contributed by atoms with van der Waals surface area (Å²) in [5.74, 6) is 4.15. The quantitative estimate of drug-likeness (QED) is 0.625. The number of hydrogen-bond acceptors (Lipinski definition) is 2. The molecule has 0 heterocycles. The molecule has 0 aromatic heterocycles. The Kier molecular flexibility index (Phi) is 7.49. The molecule has 0 aliphatic carbocycles. The van der Waals surface area contributed by atoms with E-state index in [-0.39, 0.29) is 18.2 Å². The van der Waals surface area contributed by atoms with Crippen LogP contribution in [-0.2, 0) is 0 Å². The molecule has 1 aromatic rings. The second kappa shape index (κ2) is 9.15. The van der Waals surface area contributed by atoms with Gasteiger partial charge in [0.15, 0.2) is 0 Å². The van der Waals surface area contributed by atoms with E-state index in [0.29, 0.717) is 5.56 Å². The van der Waals surface area contributed by atoms with E-state index in [4.69, 9.17) is 5.11 Å². The van der Waals surface area contributed by atoms with Gasteiger partial charge in [0.2, 0.25) is 0 Å². The maximum absolute atomic E-state index is 13.7. The van der Waals surface area contributed by atoms with E-state index in [0.717, 1.165) is 25.7 Å². The fraction of sp³-hybridized carbons (Fsp3) is 0.471. The van der Waals surface area contributed by atoms with Gasteiger partial charge in [-0.25, -0.2) is 4.39 Å². The molecule has 0 radical (unpaired) electrons. The highest BCUT2D eigenvalue weighted by molar-refractivity contribution is 5.95. The average Bonchev–Trinajstić information content (AvgIpc) is 2.46. The maximum Gasteiger partial charge on any atom is 0.254 e. The normalized spacial score (nSPS) is 11.4. The summed E-state index contributed by atoms with van der Waals surface area (Å²) in [6, 6.07) is 4.12. The van der Waals surface area contributed by atoms with E-state index in [9.17, 15) is 9.18 Å². The van der Waals surface area contributed by atoms with Gasteiger partial charge in [0.05, 0.1) is 5.56 Å². The van der Waals surface area contributed by atoms with Crippen LogP contribution in [0.5, 0.6) is 0 Å². The second-order valence-electron chi connectivity index (χ2n) is 5.02. The van der Waals surface area contributed by atoms with Crippen molar-refractivity contribution in [1.29, 1.82) is 0 Å². The predicted molar refractivity (Wildman–Crippen MR) is 81.4 cm³/mol. The summed E-state index contributed by atoms with van der Waals surface area (Å²) in [7, 11) is 0. The molecule has 4 heteroatoms. The Bertz CT molecular complexity index is 531. The molecule has 114 valence electrons. The molecule has 1 unspecified atom stereocenters. The van der Waals surface area contributed by atoms with Gasteiger partial charge in [0.25, 0.3) is 5.91 Å². The van der Waals surface area contributed by atoms with Crippen LogP contribution in [0.25, 0.3) is 0 Å². The summed E-state index contributed by atoms with van der Waals surface area (Å²) < 4.78 is 13.7. The fourth-order valence-corrected chi connectivity index (χ4v) is 1.99. The minimum Gasteiger partial charge on any atom is -0.384 e. The van der Waals surface area contributed by atoms with Gasteiger partial charge in [-0.2, -0.15) is 0 Å². The number of halogens is 1. The van der Waals surface area contributed by atoms with Crippen molar-refractivity contribution in [3.8, 4) is 11.8 Å². The molecule has 1 aromatic carbocycles. The topological polar surface area (TPSA) is 49.3 Å². The van der Waals surface area contributed by atoms with E-state index >= 15 is 0 Å². The van der Waals surface area contributed by atoms with Crippen LogP contribution in [0.4, 0.5) is 4.39 Å². The Morgan fingerprint density at radius 2 is 2.19 bits per heavy atom. The predicted octanol–water partition coefficient (Wildman–Crippen LogP) is 2.87. The van der Waals surface area contributed by atoms with Gasteiger partial charge in [-0.1, -0.05) is 38.0 Å². The molecule has 3 nitrogen and oxygen atoms in total.